The lowest BCUT2D eigenvalue weighted by atomic mass is 9.95. The number of nitrogens with one attached hydrogen (secondary N) is 1. The van der Waals surface area contributed by atoms with Crippen molar-refractivity contribution in [2.75, 3.05) is 33.2 Å². The number of methoxy groups -OCH3 is 1. The summed E-state index contributed by atoms with van der Waals surface area (Å²) in [6, 6.07) is 6.12. The largest absolute Gasteiger partial charge is 0.609 e. The quantitative estimate of drug-likeness (QED) is 0.0829. The Bertz CT molecular complexity index is 2180. The van der Waals surface area contributed by atoms with Gasteiger partial charge in [0.15, 0.2) is 12.6 Å². The van der Waals surface area contributed by atoms with Crippen LogP contribution in [0.1, 0.15) is 18.4 Å². The highest BCUT2D eigenvalue weighted by molar-refractivity contribution is 7.90. The smallest absolute Gasteiger partial charge is 0.417 e. The van der Waals surface area contributed by atoms with Gasteiger partial charge in [-0.3, -0.25) is 9.30 Å². The molecule has 15 heteroatoms. The molecule has 2 fully saturated rings. The van der Waals surface area contributed by atoms with Crippen LogP contribution in [0.3, 0.4) is 0 Å². The standard InChI is InChI=1S/C34H34F2N6O5SSi/c1-45-18-46-22-12-19-6-9-25(35)23(10-11-49(3,4)5)27(19)24(13-22)31-29(36)30-28(26-16-38-17-41(26)31)32(40-33(39-30)48(2)44)47-34(43)42-20-7-8-21(42)15-37-14-20/h6,9,12-13,16-17,20-21,37H,7-8,14-15,18H2,1-5H3. The van der Waals surface area contributed by atoms with Crippen LogP contribution in [0.2, 0.25) is 19.6 Å². The van der Waals surface area contributed by atoms with Crippen LogP contribution in [0, 0.1) is 23.1 Å². The summed E-state index contributed by atoms with van der Waals surface area (Å²) in [4.78, 5) is 28.4. The van der Waals surface area contributed by atoms with Crippen LogP contribution < -0.4 is 14.8 Å². The van der Waals surface area contributed by atoms with Gasteiger partial charge < -0.3 is 24.1 Å². The first kappa shape index (κ1) is 33.2. The van der Waals surface area contributed by atoms with Crippen molar-refractivity contribution in [3.63, 3.8) is 0 Å². The molecular weight excluding hydrogens is 671 g/mol. The van der Waals surface area contributed by atoms with Crippen molar-refractivity contribution < 1.29 is 32.3 Å². The van der Waals surface area contributed by atoms with Gasteiger partial charge in [0, 0.05) is 54.4 Å². The lowest BCUT2D eigenvalue weighted by molar-refractivity contribution is 0.0512. The summed E-state index contributed by atoms with van der Waals surface area (Å²) in [7, 11) is -0.485. The number of carbonyl (C=O) groups is 1. The molecule has 49 heavy (non-hydrogen) atoms. The van der Waals surface area contributed by atoms with E-state index in [0.29, 0.717) is 35.1 Å². The highest BCUT2D eigenvalue weighted by Crippen LogP contribution is 2.42. The van der Waals surface area contributed by atoms with E-state index in [4.69, 9.17) is 14.2 Å². The number of carbonyl (C=O) groups excluding carboxylic acids is 1. The van der Waals surface area contributed by atoms with Gasteiger partial charge in [0.05, 0.1) is 34.7 Å². The molecule has 2 aliphatic heterocycles. The van der Waals surface area contributed by atoms with Crippen LogP contribution in [0.15, 0.2) is 41.9 Å². The molecule has 2 aliphatic rings. The summed E-state index contributed by atoms with van der Waals surface area (Å²) in [5, 5.41) is 4.09. The van der Waals surface area contributed by atoms with Crippen molar-refractivity contribution in [3.8, 4) is 34.4 Å². The Kier molecular flexibility index (Phi) is 8.70. The second-order valence-corrected chi connectivity index (χ2v) is 19.2. The van der Waals surface area contributed by atoms with Gasteiger partial charge in [-0.1, -0.05) is 31.6 Å². The fourth-order valence-electron chi connectivity index (χ4n) is 6.53. The number of piperazine rings is 1. The molecule has 254 valence electrons. The molecule has 7 rings (SSSR count). The van der Waals surface area contributed by atoms with Gasteiger partial charge in [0.25, 0.3) is 0 Å². The van der Waals surface area contributed by atoms with E-state index in [1.807, 2.05) is 19.6 Å². The molecule has 0 spiro atoms. The van der Waals surface area contributed by atoms with Gasteiger partial charge in [-0.2, -0.15) is 4.98 Å². The molecule has 5 heterocycles. The highest BCUT2D eigenvalue weighted by Gasteiger charge is 2.41. The Hall–Kier alpha value is -4.33. The van der Waals surface area contributed by atoms with Gasteiger partial charge in [-0.05, 0) is 36.4 Å². The van der Waals surface area contributed by atoms with Crippen LogP contribution in [-0.4, -0.2) is 88.3 Å². The Labute approximate surface area is 285 Å². The van der Waals surface area contributed by atoms with Gasteiger partial charge in [0.1, 0.15) is 31.4 Å². The molecule has 1 N–H and O–H groups in total. The number of rotatable bonds is 6. The number of benzene rings is 2. The third-order valence-electron chi connectivity index (χ3n) is 8.64. The maximum absolute atomic E-state index is 17.3. The topological polar surface area (TPSA) is 126 Å². The van der Waals surface area contributed by atoms with E-state index in [0.717, 1.165) is 12.8 Å². The first-order valence-corrected chi connectivity index (χ1v) is 20.8. The minimum atomic E-state index is -1.96. The number of nitrogens with zero attached hydrogens (tertiary/aromatic N) is 5. The van der Waals surface area contributed by atoms with Crippen LogP contribution in [-0.2, 0) is 15.9 Å². The van der Waals surface area contributed by atoms with E-state index < -0.39 is 37.0 Å². The number of aromatic nitrogens is 4. The molecule has 11 nitrogen and oxygen atoms in total. The SMILES string of the molecule is COCOc1cc(-c2c(F)c3nc([S+](C)[O-])nc(OC(=O)N4C5CCC4CNC5)c3c3cncn23)c2c(C#C[Si](C)(C)C)c(F)ccc2c1. The molecule has 5 aromatic rings. The molecule has 3 aromatic heterocycles. The van der Waals surface area contributed by atoms with E-state index in [1.54, 1.807) is 23.1 Å². The van der Waals surface area contributed by atoms with E-state index in [2.05, 4.69) is 31.7 Å². The number of hydrogen-bond donors (Lipinski definition) is 1. The molecular formula is C34H34F2N6O5SSi. The summed E-state index contributed by atoms with van der Waals surface area (Å²) in [5.41, 5.74) is 3.64. The first-order valence-electron chi connectivity index (χ1n) is 15.8. The predicted molar refractivity (Wildman–Crippen MR) is 184 cm³/mol. The molecule has 0 aliphatic carbocycles. The Morgan fingerprint density at radius 1 is 1.14 bits per heavy atom. The summed E-state index contributed by atoms with van der Waals surface area (Å²) >= 11 is -1.77. The van der Waals surface area contributed by atoms with Gasteiger partial charge in [-0.15, -0.1) is 10.5 Å². The number of fused-ring (bicyclic) bond motifs is 6. The van der Waals surface area contributed by atoms with Crippen LogP contribution in [0.25, 0.3) is 38.4 Å². The molecule has 2 aromatic carbocycles. The van der Waals surface area contributed by atoms with Gasteiger partial charge in [0.2, 0.25) is 5.88 Å². The fourth-order valence-corrected chi connectivity index (χ4v) is 7.46. The Morgan fingerprint density at radius 2 is 1.90 bits per heavy atom. The Balaban J connectivity index is 1.51. The Morgan fingerprint density at radius 3 is 2.59 bits per heavy atom. The zero-order valence-electron chi connectivity index (χ0n) is 27.6. The fraction of sp³-hybridized carbons (Fsp3) is 0.353. The average Bonchev–Trinajstić information content (AvgIpc) is 3.64. The van der Waals surface area contributed by atoms with Crippen molar-refractivity contribution in [2.24, 2.45) is 0 Å². The van der Waals surface area contributed by atoms with E-state index in [1.165, 1.54) is 36.4 Å². The van der Waals surface area contributed by atoms with Gasteiger partial charge in [-0.25, -0.2) is 18.6 Å². The molecule has 3 atom stereocenters. The van der Waals surface area contributed by atoms with Crippen molar-refractivity contribution in [1.29, 1.82) is 0 Å². The third kappa shape index (κ3) is 6.08. The molecule has 0 saturated carbocycles. The van der Waals surface area contributed by atoms with E-state index in [9.17, 15) is 9.35 Å². The summed E-state index contributed by atoms with van der Waals surface area (Å²) in [5.74, 6) is 1.75. The zero-order valence-corrected chi connectivity index (χ0v) is 29.4. The minimum absolute atomic E-state index is 0.0292. The number of pyridine rings is 1. The number of imidazole rings is 1. The number of halogens is 2. The molecule has 3 unspecified atom stereocenters. The maximum Gasteiger partial charge on any atom is 0.417 e. The lowest BCUT2D eigenvalue weighted by Crippen LogP contribution is -2.55. The van der Waals surface area contributed by atoms with Crippen molar-refractivity contribution in [1.82, 2.24) is 29.6 Å². The summed E-state index contributed by atoms with van der Waals surface area (Å²) in [6.07, 6.45) is 5.28. The molecule has 1 amide bonds. The third-order valence-corrected chi connectivity index (χ3v) is 10.2. The molecule has 2 saturated heterocycles. The lowest BCUT2D eigenvalue weighted by Gasteiger charge is -2.34. The van der Waals surface area contributed by atoms with Crippen LogP contribution >= 0.6 is 0 Å². The highest BCUT2D eigenvalue weighted by atomic mass is 32.2. The first-order chi connectivity index (χ1) is 23.4. The summed E-state index contributed by atoms with van der Waals surface area (Å²) < 4.78 is 64.1. The van der Waals surface area contributed by atoms with Crippen LogP contribution in [0.5, 0.6) is 11.6 Å². The normalized spacial score (nSPS) is 18.2. The van der Waals surface area contributed by atoms with Gasteiger partial charge >= 0.3 is 11.2 Å². The number of ether oxygens (including phenoxy) is 3. The second kappa shape index (κ2) is 12.8. The second-order valence-electron chi connectivity index (χ2n) is 13.2. The van der Waals surface area contributed by atoms with Crippen molar-refractivity contribution >= 4 is 52.5 Å². The zero-order chi connectivity index (χ0) is 34.6. The van der Waals surface area contributed by atoms with Crippen molar-refractivity contribution in [3.05, 3.63) is 54.0 Å². The summed E-state index contributed by atoms with van der Waals surface area (Å²) in [6.45, 7) is 7.33. The molecule has 2 bridgehead atoms. The van der Waals surface area contributed by atoms with Crippen LogP contribution in [0.4, 0.5) is 13.6 Å². The molecule has 0 radical (unpaired) electrons. The van der Waals surface area contributed by atoms with Crippen molar-refractivity contribution in [2.45, 2.75) is 49.7 Å². The maximum atomic E-state index is 17.3. The van der Waals surface area contributed by atoms with E-state index in [-0.39, 0.29) is 57.6 Å². The monoisotopic (exact) mass is 704 g/mol. The average molecular weight is 705 g/mol. The minimum Gasteiger partial charge on any atom is -0.609 e. The number of hydrogen-bond acceptors (Lipinski definition) is 9. The predicted octanol–water partition coefficient (Wildman–Crippen LogP) is 5.26. The van der Waals surface area contributed by atoms with E-state index >= 15 is 8.78 Å². The number of amides is 1.